The van der Waals surface area contributed by atoms with Crippen molar-refractivity contribution in [2.24, 2.45) is 5.41 Å². The van der Waals surface area contributed by atoms with Crippen LogP contribution in [0.15, 0.2) is 0 Å². The molecule has 0 aliphatic carbocycles. The number of piperidine rings is 1. The molecule has 1 heteroatoms. The van der Waals surface area contributed by atoms with Crippen LogP contribution in [0.25, 0.3) is 0 Å². The maximum Gasteiger partial charge on any atom is -0.00165 e. The quantitative estimate of drug-likeness (QED) is 0.598. The number of likely N-dealkylation sites (tertiary alicyclic amines) is 1. The lowest BCUT2D eigenvalue weighted by atomic mass is 9.71. The molecule has 1 heterocycles. The van der Waals surface area contributed by atoms with Crippen molar-refractivity contribution in [3.63, 3.8) is 0 Å². The first-order valence-corrected chi connectivity index (χ1v) is 6.91. The minimum Gasteiger partial charge on any atom is -0.306 e. The van der Waals surface area contributed by atoms with Gasteiger partial charge in [-0.25, -0.2) is 0 Å². The molecule has 0 atom stereocenters. The Balaban J connectivity index is 2.39. The molecule has 1 rings (SSSR count). The second-order valence-electron chi connectivity index (χ2n) is 5.51. The first kappa shape index (κ1) is 13.0. The van der Waals surface area contributed by atoms with Crippen LogP contribution >= 0.6 is 0 Å². The summed E-state index contributed by atoms with van der Waals surface area (Å²) in [6, 6.07) is 0. The molecule has 0 bridgehead atoms. The molecule has 1 aliphatic heterocycles. The molecule has 1 fully saturated rings. The van der Waals surface area contributed by atoms with E-state index in [-0.39, 0.29) is 0 Å². The van der Waals surface area contributed by atoms with Gasteiger partial charge in [-0.3, -0.25) is 0 Å². The van der Waals surface area contributed by atoms with Gasteiger partial charge in [-0.05, 0) is 51.2 Å². The van der Waals surface area contributed by atoms with Crippen molar-refractivity contribution in [3.05, 3.63) is 0 Å². The maximum absolute atomic E-state index is 2.49. The number of nitrogens with zero attached hydrogens (tertiary/aromatic N) is 1. The summed E-state index contributed by atoms with van der Waals surface area (Å²) in [4.78, 5) is 2.49. The number of rotatable bonds is 6. The Labute approximate surface area is 96.2 Å². The lowest BCUT2D eigenvalue weighted by Crippen LogP contribution is -2.37. The number of unbranched alkanes of at least 4 members (excludes halogenated alkanes) is 2. The SMILES string of the molecule is CCCCCC1(CCC)CCN(C)CC1. The highest BCUT2D eigenvalue weighted by molar-refractivity contribution is 4.84. The van der Waals surface area contributed by atoms with E-state index in [4.69, 9.17) is 0 Å². The fourth-order valence-electron chi connectivity index (χ4n) is 3.00. The van der Waals surface area contributed by atoms with E-state index < -0.39 is 0 Å². The smallest absolute Gasteiger partial charge is 0.00165 e. The molecule has 0 saturated carbocycles. The van der Waals surface area contributed by atoms with Crippen molar-refractivity contribution in [3.8, 4) is 0 Å². The Hall–Kier alpha value is -0.0400. The molecule has 0 unspecified atom stereocenters. The molecule has 0 aromatic carbocycles. The first-order chi connectivity index (χ1) is 7.22. The molecule has 0 radical (unpaired) electrons. The van der Waals surface area contributed by atoms with Gasteiger partial charge in [-0.15, -0.1) is 0 Å². The van der Waals surface area contributed by atoms with Crippen LogP contribution in [0.4, 0.5) is 0 Å². The van der Waals surface area contributed by atoms with Crippen LogP contribution in [0, 0.1) is 5.41 Å². The van der Waals surface area contributed by atoms with E-state index in [0.717, 1.165) is 5.41 Å². The molecule has 15 heavy (non-hydrogen) atoms. The topological polar surface area (TPSA) is 3.24 Å². The summed E-state index contributed by atoms with van der Waals surface area (Å²) in [6.45, 7) is 7.30. The molecule has 1 aliphatic rings. The predicted molar refractivity (Wildman–Crippen MR) is 68.2 cm³/mol. The largest absolute Gasteiger partial charge is 0.306 e. The number of hydrogen-bond donors (Lipinski definition) is 0. The summed E-state index contributed by atoms with van der Waals surface area (Å²) < 4.78 is 0. The predicted octanol–water partition coefficient (Wildman–Crippen LogP) is 4.08. The molecule has 1 saturated heterocycles. The van der Waals surface area contributed by atoms with Crippen LogP contribution in [-0.4, -0.2) is 25.0 Å². The van der Waals surface area contributed by atoms with Crippen molar-refractivity contribution in [2.75, 3.05) is 20.1 Å². The second-order valence-corrected chi connectivity index (χ2v) is 5.51. The minimum atomic E-state index is 0.719. The summed E-state index contributed by atoms with van der Waals surface area (Å²) in [5.41, 5.74) is 0.719. The molecule has 0 amide bonds. The highest BCUT2D eigenvalue weighted by Gasteiger charge is 2.31. The van der Waals surface area contributed by atoms with Gasteiger partial charge < -0.3 is 4.90 Å². The third-order valence-electron chi connectivity index (χ3n) is 4.14. The molecular weight excluding hydrogens is 182 g/mol. The van der Waals surface area contributed by atoms with Gasteiger partial charge in [0.25, 0.3) is 0 Å². The summed E-state index contributed by atoms with van der Waals surface area (Å²) in [7, 11) is 2.27. The Morgan fingerprint density at radius 1 is 0.933 bits per heavy atom. The van der Waals surface area contributed by atoms with E-state index in [0.29, 0.717) is 0 Å². The number of hydrogen-bond acceptors (Lipinski definition) is 1. The molecule has 0 aromatic heterocycles. The lowest BCUT2D eigenvalue weighted by molar-refractivity contribution is 0.0985. The van der Waals surface area contributed by atoms with E-state index in [1.54, 1.807) is 0 Å². The highest BCUT2D eigenvalue weighted by Crippen LogP contribution is 2.40. The third-order valence-corrected chi connectivity index (χ3v) is 4.14. The zero-order valence-corrected chi connectivity index (χ0v) is 11.0. The van der Waals surface area contributed by atoms with Crippen molar-refractivity contribution in [1.82, 2.24) is 4.90 Å². The van der Waals surface area contributed by atoms with Crippen LogP contribution in [0.2, 0.25) is 0 Å². The molecule has 0 aromatic rings. The molecule has 90 valence electrons. The summed E-state index contributed by atoms with van der Waals surface area (Å²) in [6.07, 6.45) is 11.5. The minimum absolute atomic E-state index is 0.719. The normalized spacial score (nSPS) is 21.8. The molecule has 1 nitrogen and oxygen atoms in total. The van der Waals surface area contributed by atoms with Crippen molar-refractivity contribution < 1.29 is 0 Å². The fourth-order valence-corrected chi connectivity index (χ4v) is 3.00. The molecular formula is C14H29N. The average molecular weight is 211 g/mol. The second kappa shape index (κ2) is 6.52. The summed E-state index contributed by atoms with van der Waals surface area (Å²) in [5, 5.41) is 0. The Kier molecular flexibility index (Phi) is 5.66. The van der Waals surface area contributed by atoms with Gasteiger partial charge in [-0.1, -0.05) is 39.5 Å². The van der Waals surface area contributed by atoms with E-state index in [1.807, 2.05) is 0 Å². The Morgan fingerprint density at radius 2 is 1.60 bits per heavy atom. The van der Waals surface area contributed by atoms with Crippen molar-refractivity contribution in [2.45, 2.75) is 65.2 Å². The third kappa shape index (κ3) is 4.14. The van der Waals surface area contributed by atoms with Gasteiger partial charge in [0.15, 0.2) is 0 Å². The van der Waals surface area contributed by atoms with Crippen molar-refractivity contribution >= 4 is 0 Å². The summed E-state index contributed by atoms with van der Waals surface area (Å²) in [5.74, 6) is 0. The van der Waals surface area contributed by atoms with Crippen LogP contribution in [0.1, 0.15) is 65.2 Å². The fraction of sp³-hybridized carbons (Fsp3) is 1.00. The standard InChI is InChI=1S/C14H29N/c1-4-6-7-9-14(8-5-2)10-12-15(3)13-11-14/h4-13H2,1-3H3. The van der Waals surface area contributed by atoms with E-state index in [1.165, 1.54) is 64.5 Å². The van der Waals surface area contributed by atoms with Crippen molar-refractivity contribution in [1.29, 1.82) is 0 Å². The summed E-state index contributed by atoms with van der Waals surface area (Å²) >= 11 is 0. The molecule has 0 spiro atoms. The zero-order valence-electron chi connectivity index (χ0n) is 11.0. The Morgan fingerprint density at radius 3 is 2.13 bits per heavy atom. The average Bonchev–Trinajstić information content (AvgIpc) is 2.23. The van der Waals surface area contributed by atoms with E-state index in [9.17, 15) is 0 Å². The zero-order chi connectivity index (χ0) is 11.1. The monoisotopic (exact) mass is 211 g/mol. The van der Waals surface area contributed by atoms with Gasteiger partial charge in [0.05, 0.1) is 0 Å². The van der Waals surface area contributed by atoms with E-state index in [2.05, 4.69) is 25.8 Å². The van der Waals surface area contributed by atoms with E-state index >= 15 is 0 Å². The maximum atomic E-state index is 2.49. The van der Waals surface area contributed by atoms with Gasteiger partial charge in [-0.2, -0.15) is 0 Å². The van der Waals surface area contributed by atoms with Crippen LogP contribution in [0.5, 0.6) is 0 Å². The van der Waals surface area contributed by atoms with Crippen LogP contribution in [-0.2, 0) is 0 Å². The highest BCUT2D eigenvalue weighted by atomic mass is 15.1. The van der Waals surface area contributed by atoms with Gasteiger partial charge in [0.1, 0.15) is 0 Å². The van der Waals surface area contributed by atoms with Crippen LogP contribution < -0.4 is 0 Å². The lowest BCUT2D eigenvalue weighted by Gasteiger charge is -2.41. The van der Waals surface area contributed by atoms with Gasteiger partial charge in [0.2, 0.25) is 0 Å². The van der Waals surface area contributed by atoms with Gasteiger partial charge >= 0.3 is 0 Å². The van der Waals surface area contributed by atoms with Crippen LogP contribution in [0.3, 0.4) is 0 Å². The van der Waals surface area contributed by atoms with Gasteiger partial charge in [0, 0.05) is 0 Å². The Bertz CT molecular complexity index is 157. The first-order valence-electron chi connectivity index (χ1n) is 6.91. The molecule has 0 N–H and O–H groups in total.